The molecule has 1 saturated heterocycles. The van der Waals surface area contributed by atoms with E-state index in [0.717, 1.165) is 32.2 Å². The first-order valence-electron chi connectivity index (χ1n) is 8.90. The van der Waals surface area contributed by atoms with E-state index in [0.29, 0.717) is 11.5 Å². The van der Waals surface area contributed by atoms with Crippen LogP contribution < -0.4 is 10.6 Å². The summed E-state index contributed by atoms with van der Waals surface area (Å²) in [6.45, 7) is 7.39. The van der Waals surface area contributed by atoms with Gasteiger partial charge in [-0.15, -0.1) is 0 Å². The Hall–Kier alpha value is -0.810. The first-order chi connectivity index (χ1) is 10.7. The Bertz CT molecular complexity index is 349. The third kappa shape index (κ3) is 4.59. The van der Waals surface area contributed by atoms with Gasteiger partial charge in [0.1, 0.15) is 0 Å². The highest BCUT2D eigenvalue weighted by molar-refractivity contribution is 5.79. The number of nitrogens with zero attached hydrogens (tertiary/aromatic N) is 2. The lowest BCUT2D eigenvalue weighted by Gasteiger charge is -2.41. The van der Waals surface area contributed by atoms with Gasteiger partial charge in [0.25, 0.3) is 0 Å². The Morgan fingerprint density at radius 1 is 1.32 bits per heavy atom. The van der Waals surface area contributed by atoms with Gasteiger partial charge in [0.05, 0.1) is 6.61 Å². The molecule has 1 saturated carbocycles. The van der Waals surface area contributed by atoms with Crippen molar-refractivity contribution in [2.24, 2.45) is 10.4 Å². The maximum atomic E-state index is 5.21. The van der Waals surface area contributed by atoms with Crippen molar-refractivity contribution in [1.29, 1.82) is 0 Å². The summed E-state index contributed by atoms with van der Waals surface area (Å²) in [6.07, 6.45) is 7.94. The molecular formula is C17H34N4O. The molecule has 22 heavy (non-hydrogen) atoms. The van der Waals surface area contributed by atoms with Crippen LogP contribution in [0.1, 0.15) is 45.4 Å². The molecule has 0 aromatic carbocycles. The number of nitrogens with one attached hydrogen (secondary N) is 2. The van der Waals surface area contributed by atoms with Crippen molar-refractivity contribution < 1.29 is 4.74 Å². The fourth-order valence-corrected chi connectivity index (χ4v) is 3.67. The average Bonchev–Trinajstić information content (AvgIpc) is 2.94. The molecule has 2 aliphatic rings. The van der Waals surface area contributed by atoms with E-state index in [-0.39, 0.29) is 0 Å². The van der Waals surface area contributed by atoms with Crippen LogP contribution in [0.15, 0.2) is 4.99 Å². The number of guanidine groups is 1. The highest BCUT2D eigenvalue weighted by Crippen LogP contribution is 2.42. The first-order valence-corrected chi connectivity index (χ1v) is 8.90. The lowest BCUT2D eigenvalue weighted by atomic mass is 9.67. The molecule has 0 bridgehead atoms. The molecule has 5 heteroatoms. The molecule has 0 aromatic heterocycles. The van der Waals surface area contributed by atoms with Gasteiger partial charge in [-0.05, 0) is 44.1 Å². The van der Waals surface area contributed by atoms with E-state index < -0.39 is 0 Å². The van der Waals surface area contributed by atoms with Gasteiger partial charge in [0.15, 0.2) is 5.96 Å². The average molecular weight is 310 g/mol. The second-order valence-electron chi connectivity index (χ2n) is 6.84. The van der Waals surface area contributed by atoms with E-state index in [1.807, 2.05) is 7.05 Å². The van der Waals surface area contributed by atoms with Crippen LogP contribution in [0.4, 0.5) is 0 Å². The summed E-state index contributed by atoms with van der Waals surface area (Å²) < 4.78 is 5.21. The second kappa shape index (κ2) is 8.73. The summed E-state index contributed by atoms with van der Waals surface area (Å²) in [7, 11) is 3.64. The maximum Gasteiger partial charge on any atom is 0.191 e. The summed E-state index contributed by atoms with van der Waals surface area (Å²) in [5.41, 5.74) is 0.523. The Morgan fingerprint density at radius 2 is 2.14 bits per heavy atom. The van der Waals surface area contributed by atoms with E-state index >= 15 is 0 Å². The second-order valence-corrected chi connectivity index (χ2v) is 6.84. The van der Waals surface area contributed by atoms with Crippen LogP contribution in [-0.2, 0) is 4.74 Å². The van der Waals surface area contributed by atoms with E-state index in [2.05, 4.69) is 27.4 Å². The fourth-order valence-electron chi connectivity index (χ4n) is 3.67. The zero-order valence-electron chi connectivity index (χ0n) is 14.7. The molecule has 0 spiro atoms. The molecule has 2 rings (SSSR count). The fraction of sp³-hybridized carbons (Fsp3) is 0.941. The van der Waals surface area contributed by atoms with Crippen LogP contribution in [0.25, 0.3) is 0 Å². The monoisotopic (exact) mass is 310 g/mol. The number of ether oxygens (including phenoxy) is 1. The van der Waals surface area contributed by atoms with Gasteiger partial charge in [0.2, 0.25) is 0 Å². The third-order valence-electron chi connectivity index (χ3n) is 5.61. The number of aliphatic imine (C=N–C) groups is 1. The van der Waals surface area contributed by atoms with Gasteiger partial charge in [-0.25, -0.2) is 0 Å². The molecule has 0 aromatic rings. The van der Waals surface area contributed by atoms with E-state index in [1.54, 1.807) is 7.11 Å². The number of likely N-dealkylation sites (tertiary alicyclic amines) is 1. The van der Waals surface area contributed by atoms with Gasteiger partial charge in [-0.1, -0.05) is 13.3 Å². The highest BCUT2D eigenvalue weighted by Gasteiger charge is 2.35. The van der Waals surface area contributed by atoms with Crippen LogP contribution in [0.2, 0.25) is 0 Å². The van der Waals surface area contributed by atoms with Crippen LogP contribution in [-0.4, -0.2) is 63.8 Å². The van der Waals surface area contributed by atoms with Crippen LogP contribution in [0.3, 0.4) is 0 Å². The molecule has 128 valence electrons. The predicted octanol–water partition coefficient (Wildman–Crippen LogP) is 1.84. The molecule has 1 heterocycles. The zero-order chi connectivity index (χ0) is 15.8. The minimum atomic E-state index is 0.523. The maximum absolute atomic E-state index is 5.21. The quantitative estimate of drug-likeness (QED) is 0.530. The van der Waals surface area contributed by atoms with Crippen molar-refractivity contribution in [3.8, 4) is 0 Å². The van der Waals surface area contributed by atoms with E-state index in [1.165, 1.54) is 45.1 Å². The molecular weight excluding hydrogens is 276 g/mol. The van der Waals surface area contributed by atoms with Crippen LogP contribution >= 0.6 is 0 Å². The summed E-state index contributed by atoms with van der Waals surface area (Å²) in [6, 6.07) is 0.609. The van der Waals surface area contributed by atoms with Crippen molar-refractivity contribution in [3.05, 3.63) is 0 Å². The van der Waals surface area contributed by atoms with Crippen LogP contribution in [0.5, 0.6) is 0 Å². The standard InChI is InChI=1S/C17H34N4O/c1-4-17(8-6-9-17)14-20-16(18-2)19-13-15-7-5-10-21(15)11-12-22-3/h15H,4-14H2,1-3H3,(H2,18,19,20). The summed E-state index contributed by atoms with van der Waals surface area (Å²) in [5, 5.41) is 7.06. The van der Waals surface area contributed by atoms with Crippen LogP contribution in [0, 0.1) is 5.41 Å². The molecule has 1 aliphatic carbocycles. The molecule has 1 unspecified atom stereocenters. The number of methoxy groups -OCH3 is 1. The number of rotatable bonds is 8. The Kier molecular flexibility index (Phi) is 6.96. The number of hydrogen-bond acceptors (Lipinski definition) is 3. The predicted molar refractivity (Wildman–Crippen MR) is 92.4 cm³/mol. The van der Waals surface area contributed by atoms with Crippen molar-refractivity contribution in [3.63, 3.8) is 0 Å². The first kappa shape index (κ1) is 17.5. The van der Waals surface area contributed by atoms with Crippen molar-refractivity contribution in [1.82, 2.24) is 15.5 Å². The molecule has 2 N–H and O–H groups in total. The minimum absolute atomic E-state index is 0.523. The summed E-state index contributed by atoms with van der Waals surface area (Å²) in [5.74, 6) is 0.957. The molecule has 5 nitrogen and oxygen atoms in total. The molecule has 1 aliphatic heterocycles. The molecule has 0 amide bonds. The molecule has 1 atom stereocenters. The summed E-state index contributed by atoms with van der Waals surface area (Å²) >= 11 is 0. The van der Waals surface area contributed by atoms with Crippen molar-refractivity contribution >= 4 is 5.96 Å². The normalized spacial score (nSPS) is 25.0. The molecule has 0 radical (unpaired) electrons. The third-order valence-corrected chi connectivity index (χ3v) is 5.61. The van der Waals surface area contributed by atoms with Gasteiger partial charge in [-0.2, -0.15) is 0 Å². The SMILES string of the molecule is CCC1(CNC(=NC)NCC2CCCN2CCOC)CCC1. The smallest absolute Gasteiger partial charge is 0.191 e. The Balaban J connectivity index is 1.71. The number of hydrogen-bond donors (Lipinski definition) is 2. The van der Waals surface area contributed by atoms with E-state index in [9.17, 15) is 0 Å². The largest absolute Gasteiger partial charge is 0.383 e. The summed E-state index contributed by atoms with van der Waals surface area (Å²) in [4.78, 5) is 6.91. The highest BCUT2D eigenvalue weighted by atomic mass is 16.5. The van der Waals surface area contributed by atoms with E-state index in [4.69, 9.17) is 4.74 Å². The van der Waals surface area contributed by atoms with Crippen molar-refractivity contribution in [2.75, 3.05) is 46.9 Å². The lowest BCUT2D eigenvalue weighted by Crippen LogP contribution is -2.49. The van der Waals surface area contributed by atoms with Gasteiger partial charge in [0, 0.05) is 39.8 Å². The zero-order valence-corrected chi connectivity index (χ0v) is 14.7. The van der Waals surface area contributed by atoms with Gasteiger partial charge < -0.3 is 15.4 Å². The lowest BCUT2D eigenvalue weighted by molar-refractivity contribution is 0.131. The Morgan fingerprint density at radius 3 is 2.73 bits per heavy atom. The molecule has 2 fully saturated rings. The topological polar surface area (TPSA) is 48.9 Å². The minimum Gasteiger partial charge on any atom is -0.383 e. The van der Waals surface area contributed by atoms with Gasteiger partial charge in [-0.3, -0.25) is 9.89 Å². The van der Waals surface area contributed by atoms with Gasteiger partial charge >= 0.3 is 0 Å². The van der Waals surface area contributed by atoms with Crippen molar-refractivity contribution in [2.45, 2.75) is 51.5 Å². The Labute approximate surface area is 135 Å².